The van der Waals surface area contributed by atoms with Gasteiger partial charge in [-0.2, -0.15) is 0 Å². The van der Waals surface area contributed by atoms with E-state index in [4.69, 9.17) is 0 Å². The van der Waals surface area contributed by atoms with Crippen LogP contribution >= 0.6 is 22.7 Å². The highest BCUT2D eigenvalue weighted by Gasteiger charge is 2.08. The molecule has 0 saturated carbocycles. The molecule has 1 N–H and O–H groups in total. The van der Waals surface area contributed by atoms with Gasteiger partial charge < -0.3 is 5.32 Å². The van der Waals surface area contributed by atoms with Crippen LogP contribution in [0.2, 0.25) is 0 Å². The van der Waals surface area contributed by atoms with E-state index in [1.807, 2.05) is 22.9 Å². The third kappa shape index (κ3) is 4.86. The van der Waals surface area contributed by atoms with Crippen molar-refractivity contribution in [3.8, 4) is 0 Å². The van der Waals surface area contributed by atoms with E-state index in [9.17, 15) is 9.59 Å². The lowest BCUT2D eigenvalue weighted by Crippen LogP contribution is -2.25. The van der Waals surface area contributed by atoms with Crippen LogP contribution in [0.3, 0.4) is 0 Å². The number of hydrogen-bond donors (Lipinski definition) is 1. The van der Waals surface area contributed by atoms with E-state index >= 15 is 0 Å². The van der Waals surface area contributed by atoms with Gasteiger partial charge in [-0.25, -0.2) is 4.98 Å². The Morgan fingerprint density at radius 1 is 1.30 bits per heavy atom. The molecule has 0 spiro atoms. The van der Waals surface area contributed by atoms with Crippen molar-refractivity contribution < 1.29 is 9.59 Å². The number of carbonyl (C=O) groups is 2. The van der Waals surface area contributed by atoms with Gasteiger partial charge in [-0.05, 0) is 17.9 Å². The zero-order valence-corrected chi connectivity index (χ0v) is 12.6. The van der Waals surface area contributed by atoms with Gasteiger partial charge in [0.05, 0.1) is 16.1 Å². The average Bonchev–Trinajstić information content (AvgIpc) is 3.12. The Labute approximate surface area is 125 Å². The second-order valence-corrected chi connectivity index (χ2v) is 6.00. The van der Waals surface area contributed by atoms with Gasteiger partial charge in [0.1, 0.15) is 0 Å². The number of nitrogens with zero attached hydrogens (tertiary/aromatic N) is 1. The van der Waals surface area contributed by atoms with Gasteiger partial charge in [-0.15, -0.1) is 22.7 Å². The molecule has 2 aromatic rings. The van der Waals surface area contributed by atoms with Crippen LogP contribution in [0.4, 0.5) is 0 Å². The molecule has 106 valence electrons. The fraction of sp³-hybridized carbons (Fsp3) is 0.357. The first-order valence-electron chi connectivity index (χ1n) is 6.46. The van der Waals surface area contributed by atoms with Crippen molar-refractivity contribution in [1.82, 2.24) is 10.3 Å². The van der Waals surface area contributed by atoms with Crippen molar-refractivity contribution in [3.63, 3.8) is 0 Å². The maximum absolute atomic E-state index is 11.7. The molecule has 2 rings (SSSR count). The van der Waals surface area contributed by atoms with Gasteiger partial charge in [-0.3, -0.25) is 9.59 Å². The quantitative estimate of drug-likeness (QED) is 0.763. The standard InChI is InChI=1S/C14H16N2O2S2/c17-12(13-4-2-8-20-13)3-1-5-14(18)15-7-6-11-9-19-10-16-11/h2,4,8-10H,1,3,5-7H2,(H,15,18). The summed E-state index contributed by atoms with van der Waals surface area (Å²) in [7, 11) is 0. The molecule has 0 aliphatic heterocycles. The van der Waals surface area contributed by atoms with Gasteiger partial charge in [-0.1, -0.05) is 6.07 Å². The molecule has 2 heterocycles. The molecular weight excluding hydrogens is 292 g/mol. The van der Waals surface area contributed by atoms with E-state index in [2.05, 4.69) is 10.3 Å². The molecule has 6 heteroatoms. The Bertz CT molecular complexity index is 536. The molecule has 0 unspecified atom stereocenters. The number of nitrogens with one attached hydrogen (secondary N) is 1. The van der Waals surface area contributed by atoms with E-state index in [-0.39, 0.29) is 11.7 Å². The maximum Gasteiger partial charge on any atom is 0.220 e. The van der Waals surface area contributed by atoms with Crippen LogP contribution in [0.1, 0.15) is 34.6 Å². The third-order valence-corrected chi connectivity index (χ3v) is 4.34. The van der Waals surface area contributed by atoms with Crippen molar-refractivity contribution in [3.05, 3.63) is 39.0 Å². The Morgan fingerprint density at radius 2 is 2.20 bits per heavy atom. The normalized spacial score (nSPS) is 10.4. The summed E-state index contributed by atoms with van der Waals surface area (Å²) in [5, 5.41) is 6.71. The van der Waals surface area contributed by atoms with E-state index in [1.54, 1.807) is 16.8 Å². The highest BCUT2D eigenvalue weighted by atomic mass is 32.1. The fourth-order valence-corrected chi connectivity index (χ4v) is 3.04. The summed E-state index contributed by atoms with van der Waals surface area (Å²) in [5.74, 6) is 0.120. The lowest BCUT2D eigenvalue weighted by atomic mass is 10.1. The molecule has 0 bridgehead atoms. The van der Waals surface area contributed by atoms with Crippen LogP contribution in [-0.2, 0) is 11.2 Å². The second-order valence-electron chi connectivity index (χ2n) is 4.33. The van der Waals surface area contributed by atoms with Gasteiger partial charge in [0, 0.05) is 31.2 Å². The zero-order chi connectivity index (χ0) is 14.2. The molecule has 0 saturated heterocycles. The van der Waals surface area contributed by atoms with Gasteiger partial charge in [0.2, 0.25) is 5.91 Å². The van der Waals surface area contributed by atoms with E-state index in [1.165, 1.54) is 11.3 Å². The summed E-state index contributed by atoms with van der Waals surface area (Å²) >= 11 is 3.00. The molecule has 4 nitrogen and oxygen atoms in total. The predicted molar refractivity (Wildman–Crippen MR) is 81.3 cm³/mol. The van der Waals surface area contributed by atoms with E-state index in [0.717, 1.165) is 17.0 Å². The number of thiophene rings is 1. The van der Waals surface area contributed by atoms with Crippen LogP contribution in [0, 0.1) is 0 Å². The Balaban J connectivity index is 1.57. The number of ketones is 1. The van der Waals surface area contributed by atoms with Gasteiger partial charge in [0.15, 0.2) is 5.78 Å². The summed E-state index contributed by atoms with van der Waals surface area (Å²) in [6, 6.07) is 3.68. The number of aromatic nitrogens is 1. The number of rotatable bonds is 8. The topological polar surface area (TPSA) is 59.1 Å². The van der Waals surface area contributed by atoms with Gasteiger partial charge >= 0.3 is 0 Å². The SMILES string of the molecule is O=C(CCCC(=O)c1cccs1)NCCc1cscn1. The molecule has 0 aliphatic carbocycles. The minimum Gasteiger partial charge on any atom is -0.356 e. The van der Waals surface area contributed by atoms with E-state index in [0.29, 0.717) is 25.8 Å². The lowest BCUT2D eigenvalue weighted by Gasteiger charge is -2.03. The van der Waals surface area contributed by atoms with Gasteiger partial charge in [0.25, 0.3) is 0 Å². The summed E-state index contributed by atoms with van der Waals surface area (Å²) in [6.07, 6.45) is 2.18. The first-order chi connectivity index (χ1) is 9.75. The van der Waals surface area contributed by atoms with Crippen molar-refractivity contribution in [2.75, 3.05) is 6.54 Å². The Hall–Kier alpha value is -1.53. The van der Waals surface area contributed by atoms with Crippen LogP contribution in [0.25, 0.3) is 0 Å². The number of thiazole rings is 1. The van der Waals surface area contributed by atoms with Crippen LogP contribution < -0.4 is 5.32 Å². The number of Topliss-reactive ketones (excluding diaryl/α,β-unsaturated/α-hetero) is 1. The zero-order valence-electron chi connectivity index (χ0n) is 11.0. The average molecular weight is 308 g/mol. The molecular formula is C14H16N2O2S2. The summed E-state index contributed by atoms with van der Waals surface area (Å²) < 4.78 is 0. The number of carbonyl (C=O) groups excluding carboxylic acids is 2. The highest BCUT2D eigenvalue weighted by molar-refractivity contribution is 7.12. The lowest BCUT2D eigenvalue weighted by molar-refractivity contribution is -0.121. The van der Waals surface area contributed by atoms with E-state index < -0.39 is 0 Å². The largest absolute Gasteiger partial charge is 0.356 e. The van der Waals surface area contributed by atoms with Crippen molar-refractivity contribution in [1.29, 1.82) is 0 Å². The molecule has 0 aliphatic rings. The molecule has 0 aromatic carbocycles. The summed E-state index contributed by atoms with van der Waals surface area (Å²) in [6.45, 7) is 0.599. The first kappa shape index (κ1) is 14.9. The Kier molecular flexibility index (Phi) is 5.88. The van der Waals surface area contributed by atoms with Crippen molar-refractivity contribution in [2.24, 2.45) is 0 Å². The monoisotopic (exact) mass is 308 g/mol. The third-order valence-electron chi connectivity index (χ3n) is 2.79. The molecule has 2 aromatic heterocycles. The van der Waals surface area contributed by atoms with Crippen molar-refractivity contribution in [2.45, 2.75) is 25.7 Å². The van der Waals surface area contributed by atoms with Crippen molar-refractivity contribution >= 4 is 34.4 Å². The molecule has 0 radical (unpaired) electrons. The number of hydrogen-bond acceptors (Lipinski definition) is 5. The van der Waals surface area contributed by atoms with Crippen LogP contribution in [0.15, 0.2) is 28.4 Å². The highest BCUT2D eigenvalue weighted by Crippen LogP contribution is 2.12. The molecule has 1 amide bonds. The smallest absolute Gasteiger partial charge is 0.220 e. The molecule has 0 fully saturated rings. The minimum atomic E-state index is -0.000732. The second kappa shape index (κ2) is 7.91. The van der Waals surface area contributed by atoms with Crippen LogP contribution in [-0.4, -0.2) is 23.2 Å². The maximum atomic E-state index is 11.7. The fourth-order valence-electron chi connectivity index (χ4n) is 1.75. The first-order valence-corrected chi connectivity index (χ1v) is 8.28. The number of amides is 1. The minimum absolute atomic E-state index is 0.000732. The summed E-state index contributed by atoms with van der Waals surface area (Å²) in [5.41, 5.74) is 2.79. The molecule has 0 atom stereocenters. The summed E-state index contributed by atoms with van der Waals surface area (Å²) in [4.78, 5) is 28.3. The van der Waals surface area contributed by atoms with Crippen LogP contribution in [0.5, 0.6) is 0 Å². The predicted octanol–water partition coefficient (Wildman–Crippen LogP) is 2.92. The Morgan fingerprint density at radius 3 is 2.90 bits per heavy atom. The molecule has 20 heavy (non-hydrogen) atoms.